The number of hydrogen-bond donors (Lipinski definition) is 1. The van der Waals surface area contributed by atoms with Gasteiger partial charge in [0.05, 0.1) is 10.6 Å². The van der Waals surface area contributed by atoms with Crippen LogP contribution in [0.1, 0.15) is 15.2 Å². The molecule has 1 amide bonds. The summed E-state index contributed by atoms with van der Waals surface area (Å²) in [5.41, 5.74) is 0.444. The van der Waals surface area contributed by atoms with Gasteiger partial charge in [0.1, 0.15) is 24.1 Å². The maximum absolute atomic E-state index is 13.6. The monoisotopic (exact) mass is 381 g/mol. The zero-order chi connectivity index (χ0) is 18.7. The molecule has 1 heterocycles. The van der Waals surface area contributed by atoms with Crippen LogP contribution < -0.4 is 10.1 Å². The van der Waals surface area contributed by atoms with E-state index < -0.39 is 29.2 Å². The van der Waals surface area contributed by atoms with Crippen LogP contribution in [0.2, 0.25) is 0 Å². The van der Waals surface area contributed by atoms with Gasteiger partial charge in [-0.15, -0.1) is 11.3 Å². The lowest BCUT2D eigenvalue weighted by atomic mass is 10.2. The second kappa shape index (κ2) is 7.57. The van der Waals surface area contributed by atoms with Gasteiger partial charge >= 0.3 is 0 Å². The molecule has 0 aliphatic carbocycles. The molecule has 26 heavy (non-hydrogen) atoms. The number of benzene rings is 2. The van der Waals surface area contributed by atoms with Gasteiger partial charge in [-0.05, 0) is 35.7 Å². The lowest BCUT2D eigenvalue weighted by Gasteiger charge is -2.06. The molecule has 0 radical (unpaired) electrons. The van der Waals surface area contributed by atoms with E-state index in [0.717, 1.165) is 29.5 Å². The molecule has 0 fully saturated rings. The van der Waals surface area contributed by atoms with Gasteiger partial charge in [-0.3, -0.25) is 4.79 Å². The normalized spacial score (nSPS) is 10.6. The average molecular weight is 381 g/mol. The Morgan fingerprint density at radius 1 is 0.962 bits per heavy atom. The fraction of sp³-hybridized carbons (Fsp3) is 0.0556. The largest absolute Gasteiger partial charge is 0.486 e. The summed E-state index contributed by atoms with van der Waals surface area (Å²) >= 11 is 1.09. The molecular formula is C18H11F4NO2S. The lowest BCUT2D eigenvalue weighted by Crippen LogP contribution is -2.11. The van der Waals surface area contributed by atoms with E-state index >= 15 is 0 Å². The summed E-state index contributed by atoms with van der Waals surface area (Å²) in [6.07, 6.45) is 0. The smallest absolute Gasteiger partial charge is 0.265 e. The minimum absolute atomic E-state index is 0.0305. The van der Waals surface area contributed by atoms with E-state index in [2.05, 4.69) is 5.32 Å². The summed E-state index contributed by atoms with van der Waals surface area (Å²) in [4.78, 5) is 12.4. The molecule has 0 spiro atoms. The van der Waals surface area contributed by atoms with Crippen molar-refractivity contribution in [2.24, 2.45) is 0 Å². The Balaban J connectivity index is 1.64. The number of ether oxygens (including phenoxy) is 1. The third-order valence-electron chi connectivity index (χ3n) is 3.35. The first-order chi connectivity index (χ1) is 12.4. The molecule has 0 bridgehead atoms. The Hall–Kier alpha value is -2.87. The highest BCUT2D eigenvalue weighted by molar-refractivity contribution is 7.12. The zero-order valence-electron chi connectivity index (χ0n) is 13.1. The fourth-order valence-corrected chi connectivity index (χ4v) is 2.89. The van der Waals surface area contributed by atoms with Crippen molar-refractivity contribution in [1.82, 2.24) is 0 Å². The molecule has 134 valence electrons. The molecule has 1 N–H and O–H groups in total. The maximum Gasteiger partial charge on any atom is 0.265 e. The SMILES string of the molecule is O=C(Nc1ccc(F)cc1F)c1cc(COc2ccc(F)cc2F)cs1. The number of carbonyl (C=O) groups excluding carboxylic acids is 1. The van der Waals surface area contributed by atoms with Gasteiger partial charge in [-0.2, -0.15) is 0 Å². The van der Waals surface area contributed by atoms with E-state index in [-0.39, 0.29) is 22.9 Å². The van der Waals surface area contributed by atoms with Gasteiger partial charge in [0.25, 0.3) is 5.91 Å². The average Bonchev–Trinajstić information content (AvgIpc) is 3.06. The molecule has 3 aromatic rings. The van der Waals surface area contributed by atoms with Crippen molar-refractivity contribution < 1.29 is 27.1 Å². The number of carbonyl (C=O) groups is 1. The molecular weight excluding hydrogens is 370 g/mol. The Bertz CT molecular complexity index is 958. The van der Waals surface area contributed by atoms with Gasteiger partial charge in [-0.1, -0.05) is 0 Å². The maximum atomic E-state index is 13.6. The Kier molecular flexibility index (Phi) is 5.22. The highest BCUT2D eigenvalue weighted by Crippen LogP contribution is 2.22. The van der Waals surface area contributed by atoms with Gasteiger partial charge in [-0.25, -0.2) is 17.6 Å². The van der Waals surface area contributed by atoms with Crippen molar-refractivity contribution >= 4 is 22.9 Å². The molecule has 1 aromatic heterocycles. The van der Waals surface area contributed by atoms with Crippen molar-refractivity contribution in [2.45, 2.75) is 6.61 Å². The van der Waals surface area contributed by atoms with E-state index in [1.54, 1.807) is 5.38 Å². The number of rotatable bonds is 5. The van der Waals surface area contributed by atoms with Crippen molar-refractivity contribution in [3.63, 3.8) is 0 Å². The van der Waals surface area contributed by atoms with Crippen molar-refractivity contribution in [3.05, 3.63) is 81.6 Å². The number of hydrogen-bond acceptors (Lipinski definition) is 3. The van der Waals surface area contributed by atoms with Crippen LogP contribution in [0.15, 0.2) is 47.8 Å². The standard InChI is InChI=1S/C18H11F4NO2S/c19-11-1-3-15(13(21)6-11)23-18(24)17-5-10(9-26-17)8-25-16-4-2-12(20)7-14(16)22/h1-7,9H,8H2,(H,23,24). The Labute approximate surface area is 149 Å². The summed E-state index contributed by atoms with van der Waals surface area (Å²) < 4.78 is 58.1. The lowest BCUT2D eigenvalue weighted by molar-refractivity contribution is 0.103. The summed E-state index contributed by atoms with van der Waals surface area (Å²) in [5, 5.41) is 3.97. The third-order valence-corrected chi connectivity index (χ3v) is 4.32. The molecule has 2 aromatic carbocycles. The van der Waals surface area contributed by atoms with Gasteiger partial charge < -0.3 is 10.1 Å². The highest BCUT2D eigenvalue weighted by Gasteiger charge is 2.13. The van der Waals surface area contributed by atoms with Crippen LogP contribution in [0, 0.1) is 23.3 Å². The number of thiophene rings is 1. The van der Waals surface area contributed by atoms with Crippen molar-refractivity contribution in [3.8, 4) is 5.75 Å². The van der Waals surface area contributed by atoms with E-state index in [1.165, 1.54) is 12.1 Å². The second-order valence-corrected chi connectivity index (χ2v) is 6.17. The number of halogens is 4. The van der Waals surface area contributed by atoms with Crippen LogP contribution in [0.3, 0.4) is 0 Å². The molecule has 0 aliphatic rings. The van der Waals surface area contributed by atoms with Crippen LogP contribution in [0.5, 0.6) is 5.75 Å². The van der Waals surface area contributed by atoms with E-state index in [0.29, 0.717) is 17.7 Å². The Morgan fingerprint density at radius 2 is 1.65 bits per heavy atom. The first-order valence-corrected chi connectivity index (χ1v) is 8.22. The molecule has 0 saturated heterocycles. The predicted octanol–water partition coefficient (Wildman–Crippen LogP) is 5.14. The first kappa shape index (κ1) is 17.9. The van der Waals surface area contributed by atoms with Crippen LogP contribution in [-0.2, 0) is 6.61 Å². The van der Waals surface area contributed by atoms with Crippen molar-refractivity contribution in [2.75, 3.05) is 5.32 Å². The molecule has 3 rings (SSSR count). The Morgan fingerprint density at radius 3 is 2.35 bits per heavy atom. The van der Waals surface area contributed by atoms with E-state index in [9.17, 15) is 22.4 Å². The van der Waals surface area contributed by atoms with Gasteiger partial charge in [0.15, 0.2) is 11.6 Å². The minimum Gasteiger partial charge on any atom is -0.486 e. The van der Waals surface area contributed by atoms with Crippen LogP contribution >= 0.6 is 11.3 Å². The van der Waals surface area contributed by atoms with Crippen LogP contribution in [-0.4, -0.2) is 5.91 Å². The van der Waals surface area contributed by atoms with Gasteiger partial charge in [0, 0.05) is 17.7 Å². The third kappa shape index (κ3) is 4.20. The number of anilines is 1. The summed E-state index contributed by atoms with van der Waals surface area (Å²) in [6, 6.07) is 7.27. The van der Waals surface area contributed by atoms with Gasteiger partial charge in [0.2, 0.25) is 0 Å². The molecule has 0 unspecified atom stereocenters. The minimum atomic E-state index is -0.884. The van der Waals surface area contributed by atoms with E-state index in [1.807, 2.05) is 0 Å². The fourth-order valence-electron chi connectivity index (χ4n) is 2.10. The first-order valence-electron chi connectivity index (χ1n) is 7.34. The topological polar surface area (TPSA) is 38.3 Å². The molecule has 0 aliphatic heterocycles. The zero-order valence-corrected chi connectivity index (χ0v) is 13.9. The summed E-state index contributed by atoms with van der Waals surface area (Å²) in [5.74, 6) is -3.85. The molecule has 3 nitrogen and oxygen atoms in total. The summed E-state index contributed by atoms with van der Waals surface area (Å²) in [6.45, 7) is -0.0305. The molecule has 0 atom stereocenters. The molecule has 0 saturated carbocycles. The van der Waals surface area contributed by atoms with Crippen LogP contribution in [0.25, 0.3) is 0 Å². The predicted molar refractivity (Wildman–Crippen MR) is 89.3 cm³/mol. The second-order valence-electron chi connectivity index (χ2n) is 5.26. The number of nitrogens with one attached hydrogen (secondary N) is 1. The van der Waals surface area contributed by atoms with Crippen LogP contribution in [0.4, 0.5) is 23.2 Å². The summed E-state index contributed by atoms with van der Waals surface area (Å²) in [7, 11) is 0. The molecule has 8 heteroatoms. The quantitative estimate of drug-likeness (QED) is 0.622. The highest BCUT2D eigenvalue weighted by atomic mass is 32.1. The number of amides is 1. The van der Waals surface area contributed by atoms with E-state index in [4.69, 9.17) is 4.74 Å². The van der Waals surface area contributed by atoms with Crippen molar-refractivity contribution in [1.29, 1.82) is 0 Å².